The minimum Gasteiger partial charge on any atom is -0.491 e. The molecule has 1 amide bonds. The first-order chi connectivity index (χ1) is 8.97. The Bertz CT molecular complexity index is 565. The first-order valence-corrected chi connectivity index (χ1v) is 7.48. The lowest BCUT2D eigenvalue weighted by molar-refractivity contribution is -0.115. The molecular weight excluding hydrogens is 270 g/mol. The fourth-order valence-corrected chi connectivity index (χ4v) is 2.76. The van der Waals surface area contributed by atoms with Gasteiger partial charge >= 0.3 is 0 Å². The summed E-state index contributed by atoms with van der Waals surface area (Å²) in [7, 11) is -3.70. The molecule has 0 aromatic heterocycles. The van der Waals surface area contributed by atoms with Crippen LogP contribution >= 0.6 is 0 Å². The van der Waals surface area contributed by atoms with Gasteiger partial charge in [0.1, 0.15) is 18.1 Å². The van der Waals surface area contributed by atoms with Crippen LogP contribution in [0.5, 0.6) is 5.75 Å². The first-order valence-electron chi connectivity index (χ1n) is 5.83. The van der Waals surface area contributed by atoms with Crippen molar-refractivity contribution in [3.63, 3.8) is 0 Å². The molecule has 6 nitrogen and oxygen atoms in total. The molecule has 2 rings (SSSR count). The minimum atomic E-state index is -3.70. The minimum absolute atomic E-state index is 0.0262. The summed E-state index contributed by atoms with van der Waals surface area (Å²) in [4.78, 5) is 10.8. The zero-order chi connectivity index (χ0) is 13.9. The maximum Gasteiger partial charge on any atom is 0.233 e. The maximum atomic E-state index is 11.8. The van der Waals surface area contributed by atoms with Gasteiger partial charge in [-0.2, -0.15) is 0 Å². The van der Waals surface area contributed by atoms with E-state index in [2.05, 4.69) is 0 Å². The Morgan fingerprint density at radius 2 is 2.21 bits per heavy atom. The van der Waals surface area contributed by atoms with Crippen molar-refractivity contribution >= 4 is 15.7 Å². The van der Waals surface area contributed by atoms with Gasteiger partial charge in [0, 0.05) is 13.0 Å². The molecule has 1 heterocycles. The van der Waals surface area contributed by atoms with Crippen molar-refractivity contribution in [1.82, 2.24) is 0 Å². The molecule has 1 aromatic rings. The molecule has 2 N–H and O–H groups in total. The lowest BCUT2D eigenvalue weighted by Gasteiger charge is -2.26. The van der Waals surface area contributed by atoms with E-state index in [0.29, 0.717) is 12.4 Å². The standard InChI is InChI=1S/C12H15NO5S/c13-12(14)8-19(15,16)11-3-1-2-9(6-11)18-7-10-4-5-17-10/h1-3,6,10H,4-5,7-8H2,(H2,13,14)/t10-/m0/s1. The molecule has 7 heteroatoms. The number of amides is 1. The zero-order valence-corrected chi connectivity index (χ0v) is 11.1. The van der Waals surface area contributed by atoms with Crippen molar-refractivity contribution in [3.8, 4) is 5.75 Å². The van der Waals surface area contributed by atoms with Crippen LogP contribution < -0.4 is 10.5 Å². The van der Waals surface area contributed by atoms with E-state index in [0.717, 1.165) is 13.0 Å². The van der Waals surface area contributed by atoms with E-state index >= 15 is 0 Å². The molecule has 1 saturated heterocycles. The van der Waals surface area contributed by atoms with Crippen molar-refractivity contribution < 1.29 is 22.7 Å². The summed E-state index contributed by atoms with van der Waals surface area (Å²) in [5.41, 5.74) is 4.91. The third kappa shape index (κ3) is 3.68. The predicted octanol–water partition coefficient (Wildman–Crippen LogP) is 0.113. The van der Waals surface area contributed by atoms with E-state index in [9.17, 15) is 13.2 Å². The van der Waals surface area contributed by atoms with E-state index in [1.165, 1.54) is 12.1 Å². The molecule has 0 radical (unpaired) electrons. The largest absolute Gasteiger partial charge is 0.491 e. The van der Waals surface area contributed by atoms with Crippen LogP contribution in [-0.4, -0.2) is 39.4 Å². The number of rotatable bonds is 6. The van der Waals surface area contributed by atoms with Gasteiger partial charge in [0.2, 0.25) is 5.91 Å². The summed E-state index contributed by atoms with van der Waals surface area (Å²) in [6, 6.07) is 6.01. The van der Waals surface area contributed by atoms with Gasteiger partial charge in [0.05, 0.1) is 11.0 Å². The number of primary amides is 1. The fraction of sp³-hybridized carbons (Fsp3) is 0.417. The summed E-state index contributed by atoms with van der Waals surface area (Å²) in [6.45, 7) is 1.13. The number of hydrogen-bond donors (Lipinski definition) is 1. The Labute approximate surface area is 111 Å². The third-order valence-electron chi connectivity index (χ3n) is 2.73. The summed E-state index contributed by atoms with van der Waals surface area (Å²) < 4.78 is 34.3. The molecule has 0 bridgehead atoms. The smallest absolute Gasteiger partial charge is 0.233 e. The Morgan fingerprint density at radius 1 is 1.47 bits per heavy atom. The molecule has 0 spiro atoms. The van der Waals surface area contributed by atoms with Crippen LogP contribution in [0.1, 0.15) is 6.42 Å². The van der Waals surface area contributed by atoms with E-state index in [1.807, 2.05) is 0 Å². The molecule has 19 heavy (non-hydrogen) atoms. The molecule has 1 aliphatic heterocycles. The van der Waals surface area contributed by atoms with Crippen LogP contribution in [0.4, 0.5) is 0 Å². The van der Waals surface area contributed by atoms with Gasteiger partial charge in [-0.25, -0.2) is 8.42 Å². The number of hydrogen-bond acceptors (Lipinski definition) is 5. The normalized spacial score (nSPS) is 18.6. The monoisotopic (exact) mass is 285 g/mol. The molecule has 104 valence electrons. The van der Waals surface area contributed by atoms with Crippen molar-refractivity contribution in [3.05, 3.63) is 24.3 Å². The molecule has 1 aromatic carbocycles. The molecule has 0 unspecified atom stereocenters. The van der Waals surface area contributed by atoms with Gasteiger partial charge < -0.3 is 15.2 Å². The topological polar surface area (TPSA) is 95.7 Å². The maximum absolute atomic E-state index is 11.8. The van der Waals surface area contributed by atoms with Crippen LogP contribution in [0.15, 0.2) is 29.2 Å². The molecule has 1 aliphatic rings. The van der Waals surface area contributed by atoms with Crippen LogP contribution in [0.2, 0.25) is 0 Å². The first kappa shape index (κ1) is 13.8. The quantitative estimate of drug-likeness (QED) is 0.800. The summed E-state index contributed by atoms with van der Waals surface area (Å²) in [6.07, 6.45) is 1.02. The van der Waals surface area contributed by atoms with E-state index < -0.39 is 21.5 Å². The molecule has 0 aliphatic carbocycles. The highest BCUT2D eigenvalue weighted by atomic mass is 32.2. The highest BCUT2D eigenvalue weighted by molar-refractivity contribution is 7.92. The van der Waals surface area contributed by atoms with Gasteiger partial charge in [-0.05, 0) is 18.2 Å². The molecular formula is C12H15NO5S. The van der Waals surface area contributed by atoms with Crippen LogP contribution in [0, 0.1) is 0 Å². The van der Waals surface area contributed by atoms with Gasteiger partial charge in [-0.1, -0.05) is 6.07 Å². The molecule has 1 fully saturated rings. The Balaban J connectivity index is 2.07. The SMILES string of the molecule is NC(=O)CS(=O)(=O)c1cccc(OC[C@@H]2CCO2)c1. The lowest BCUT2D eigenvalue weighted by Crippen LogP contribution is -2.32. The average molecular weight is 285 g/mol. The van der Waals surface area contributed by atoms with Crippen molar-refractivity contribution in [1.29, 1.82) is 0 Å². The third-order valence-corrected chi connectivity index (χ3v) is 4.36. The van der Waals surface area contributed by atoms with Crippen molar-refractivity contribution in [2.45, 2.75) is 17.4 Å². The molecule has 0 saturated carbocycles. The van der Waals surface area contributed by atoms with Crippen LogP contribution in [0.25, 0.3) is 0 Å². The van der Waals surface area contributed by atoms with Crippen molar-refractivity contribution in [2.24, 2.45) is 5.73 Å². The summed E-state index contributed by atoms with van der Waals surface area (Å²) in [5.74, 6) is -1.16. The molecule has 1 atom stereocenters. The lowest BCUT2D eigenvalue weighted by atomic mass is 10.2. The number of sulfone groups is 1. The second kappa shape index (κ2) is 5.58. The van der Waals surface area contributed by atoms with Gasteiger partial charge in [0.25, 0.3) is 0 Å². The van der Waals surface area contributed by atoms with Gasteiger partial charge in [0.15, 0.2) is 9.84 Å². The van der Waals surface area contributed by atoms with E-state index in [4.69, 9.17) is 15.2 Å². The Morgan fingerprint density at radius 3 is 2.79 bits per heavy atom. The number of carbonyl (C=O) groups is 1. The Hall–Kier alpha value is -1.60. The zero-order valence-electron chi connectivity index (χ0n) is 10.2. The average Bonchev–Trinajstić information content (AvgIpc) is 2.25. The summed E-state index contributed by atoms with van der Waals surface area (Å²) in [5, 5.41) is 0. The van der Waals surface area contributed by atoms with Gasteiger partial charge in [-0.15, -0.1) is 0 Å². The highest BCUT2D eigenvalue weighted by Gasteiger charge is 2.20. The van der Waals surface area contributed by atoms with Gasteiger partial charge in [-0.3, -0.25) is 4.79 Å². The van der Waals surface area contributed by atoms with Crippen LogP contribution in [0.3, 0.4) is 0 Å². The summed E-state index contributed by atoms with van der Waals surface area (Å²) >= 11 is 0. The van der Waals surface area contributed by atoms with Crippen LogP contribution in [-0.2, 0) is 19.4 Å². The number of ether oxygens (including phenoxy) is 2. The second-order valence-corrected chi connectivity index (χ2v) is 6.28. The number of benzene rings is 1. The van der Waals surface area contributed by atoms with E-state index in [1.54, 1.807) is 12.1 Å². The second-order valence-electron chi connectivity index (χ2n) is 4.29. The fourth-order valence-electron chi connectivity index (χ4n) is 1.63. The number of nitrogens with two attached hydrogens (primary N) is 1. The van der Waals surface area contributed by atoms with Crippen molar-refractivity contribution in [2.75, 3.05) is 19.0 Å². The number of carbonyl (C=O) groups excluding carboxylic acids is 1. The van der Waals surface area contributed by atoms with E-state index in [-0.39, 0.29) is 11.0 Å². The highest BCUT2D eigenvalue weighted by Crippen LogP contribution is 2.20. The Kier molecular flexibility index (Phi) is 4.06. The predicted molar refractivity (Wildman–Crippen MR) is 67.5 cm³/mol.